The Bertz CT molecular complexity index is 646. The van der Waals surface area contributed by atoms with Gasteiger partial charge in [-0.25, -0.2) is 13.1 Å². The van der Waals surface area contributed by atoms with Crippen molar-refractivity contribution in [2.45, 2.75) is 17.2 Å². The third-order valence-corrected chi connectivity index (χ3v) is 5.68. The largest absolute Gasteiger partial charge is 0.391 e. The molecule has 2 N–H and O–H groups in total. The fraction of sp³-hybridized carbons (Fsp3) is 0.364. The van der Waals surface area contributed by atoms with Crippen molar-refractivity contribution >= 4 is 21.4 Å². The molecule has 0 bridgehead atoms. The molecule has 104 valence electrons. The van der Waals surface area contributed by atoms with E-state index in [-0.39, 0.29) is 10.8 Å². The number of nitrogens with one attached hydrogen (secondary N) is 1. The first kappa shape index (κ1) is 14.2. The summed E-state index contributed by atoms with van der Waals surface area (Å²) in [5, 5.41) is 13.0. The molecule has 0 unspecified atom stereocenters. The Balaban J connectivity index is 1.96. The molecule has 0 saturated carbocycles. The highest BCUT2D eigenvalue weighted by atomic mass is 32.2. The number of rotatable bonds is 6. The van der Waals surface area contributed by atoms with Crippen LogP contribution < -0.4 is 4.72 Å². The minimum Gasteiger partial charge on any atom is -0.391 e. The van der Waals surface area contributed by atoms with Crippen molar-refractivity contribution in [3.05, 3.63) is 35.0 Å². The van der Waals surface area contributed by atoms with Gasteiger partial charge in [-0.1, -0.05) is 0 Å². The average Bonchev–Trinajstić information content (AvgIpc) is 2.99. The molecule has 0 aromatic carbocycles. The van der Waals surface area contributed by atoms with Crippen molar-refractivity contribution in [1.29, 1.82) is 0 Å². The summed E-state index contributed by atoms with van der Waals surface area (Å²) in [6.07, 6.45) is 2.25. The van der Waals surface area contributed by atoms with E-state index in [2.05, 4.69) is 9.82 Å². The molecular formula is C11H15N3O3S2. The first-order valence-corrected chi connectivity index (χ1v) is 7.99. The van der Waals surface area contributed by atoms with Gasteiger partial charge in [-0.3, -0.25) is 4.68 Å². The van der Waals surface area contributed by atoms with Crippen molar-refractivity contribution in [2.24, 2.45) is 7.05 Å². The van der Waals surface area contributed by atoms with Crippen molar-refractivity contribution in [1.82, 2.24) is 14.5 Å². The van der Waals surface area contributed by atoms with E-state index in [0.717, 1.165) is 17.0 Å². The van der Waals surface area contributed by atoms with Crippen LogP contribution in [0.5, 0.6) is 0 Å². The monoisotopic (exact) mass is 301 g/mol. The Kier molecular flexibility index (Phi) is 4.35. The zero-order valence-corrected chi connectivity index (χ0v) is 12.0. The molecule has 6 nitrogen and oxygen atoms in total. The molecule has 0 radical (unpaired) electrons. The van der Waals surface area contributed by atoms with Gasteiger partial charge in [0.05, 0.1) is 6.61 Å². The van der Waals surface area contributed by atoms with E-state index in [1.165, 1.54) is 6.07 Å². The predicted octanol–water partition coefficient (Wildman–Crippen LogP) is 0.495. The molecule has 0 saturated heterocycles. The number of hydrogen-bond donors (Lipinski definition) is 2. The maximum Gasteiger partial charge on any atom is 0.250 e. The van der Waals surface area contributed by atoms with E-state index in [0.29, 0.717) is 17.8 Å². The van der Waals surface area contributed by atoms with Crippen LogP contribution in [0.3, 0.4) is 0 Å². The van der Waals surface area contributed by atoms with Crippen molar-refractivity contribution in [3.63, 3.8) is 0 Å². The summed E-state index contributed by atoms with van der Waals surface area (Å²) in [5.41, 5.74) is 0.963. The summed E-state index contributed by atoms with van der Waals surface area (Å²) >= 11 is 1.07. The number of nitrogens with zero attached hydrogens (tertiary/aromatic N) is 2. The predicted molar refractivity (Wildman–Crippen MR) is 72.3 cm³/mol. The quantitative estimate of drug-likeness (QED) is 0.813. The van der Waals surface area contributed by atoms with Crippen LogP contribution in [0.25, 0.3) is 0 Å². The highest BCUT2D eigenvalue weighted by Crippen LogP contribution is 2.21. The minimum atomic E-state index is -3.49. The number of aliphatic hydroxyl groups excluding tert-OH is 1. The second kappa shape index (κ2) is 5.83. The first-order chi connectivity index (χ1) is 9.03. The molecule has 2 aromatic heterocycles. The van der Waals surface area contributed by atoms with Gasteiger partial charge in [-0.2, -0.15) is 5.10 Å². The molecular weight excluding hydrogens is 286 g/mol. The highest BCUT2D eigenvalue weighted by molar-refractivity contribution is 7.91. The maximum atomic E-state index is 12.0. The summed E-state index contributed by atoms with van der Waals surface area (Å²) in [5.74, 6) is 0. The van der Waals surface area contributed by atoms with E-state index in [4.69, 9.17) is 5.11 Å². The number of aryl methyl sites for hydroxylation is 1. The van der Waals surface area contributed by atoms with Gasteiger partial charge in [0.25, 0.3) is 0 Å². The summed E-state index contributed by atoms with van der Waals surface area (Å²) < 4.78 is 28.4. The molecule has 2 heterocycles. The summed E-state index contributed by atoms with van der Waals surface area (Å²) in [6, 6.07) is 4.96. The Labute approximate surface area is 115 Å². The molecule has 8 heteroatoms. The molecule has 0 spiro atoms. The lowest BCUT2D eigenvalue weighted by molar-refractivity contribution is 0.285. The third kappa shape index (κ3) is 3.41. The van der Waals surface area contributed by atoms with Crippen molar-refractivity contribution in [2.75, 3.05) is 6.54 Å². The van der Waals surface area contributed by atoms with Gasteiger partial charge in [0.2, 0.25) is 10.0 Å². The fourth-order valence-corrected chi connectivity index (χ4v) is 3.91. The zero-order valence-electron chi connectivity index (χ0n) is 10.4. The fourth-order valence-electron chi connectivity index (χ4n) is 1.62. The normalized spacial score (nSPS) is 11.9. The molecule has 0 fully saturated rings. The van der Waals surface area contributed by atoms with E-state index >= 15 is 0 Å². The number of aromatic nitrogens is 2. The van der Waals surface area contributed by atoms with E-state index in [1.807, 2.05) is 13.1 Å². The van der Waals surface area contributed by atoms with E-state index in [9.17, 15) is 8.42 Å². The second-order valence-electron chi connectivity index (χ2n) is 3.97. The van der Waals surface area contributed by atoms with Gasteiger partial charge in [-0.05, 0) is 18.2 Å². The standard InChI is InChI=1S/C11H15N3O3S2/c1-14-9(4-6-12-14)5-7-13-19(16,17)11-3-2-10(8-15)18-11/h2-4,6,13,15H,5,7-8H2,1H3. The summed E-state index contributed by atoms with van der Waals surface area (Å²) in [6.45, 7) is 0.170. The van der Waals surface area contributed by atoms with E-state index < -0.39 is 10.0 Å². The maximum absolute atomic E-state index is 12.0. The lowest BCUT2D eigenvalue weighted by Gasteiger charge is -2.05. The van der Waals surface area contributed by atoms with Crippen LogP contribution >= 0.6 is 11.3 Å². The van der Waals surface area contributed by atoms with Crippen LogP contribution in [0.1, 0.15) is 10.6 Å². The van der Waals surface area contributed by atoms with Gasteiger partial charge < -0.3 is 5.11 Å². The number of hydrogen-bond acceptors (Lipinski definition) is 5. The second-order valence-corrected chi connectivity index (χ2v) is 7.13. The van der Waals surface area contributed by atoms with Crippen molar-refractivity contribution in [3.8, 4) is 0 Å². The van der Waals surface area contributed by atoms with Gasteiger partial charge >= 0.3 is 0 Å². The Morgan fingerprint density at radius 1 is 1.42 bits per heavy atom. The van der Waals surface area contributed by atoms with Crippen LogP contribution in [0, 0.1) is 0 Å². The van der Waals surface area contributed by atoms with Gasteiger partial charge in [0.1, 0.15) is 4.21 Å². The first-order valence-electron chi connectivity index (χ1n) is 5.69. The zero-order chi connectivity index (χ0) is 13.9. The topological polar surface area (TPSA) is 84.2 Å². The Morgan fingerprint density at radius 2 is 2.21 bits per heavy atom. The van der Waals surface area contributed by atoms with E-state index in [1.54, 1.807) is 16.9 Å². The Morgan fingerprint density at radius 3 is 2.79 bits per heavy atom. The molecule has 0 aliphatic heterocycles. The van der Waals surface area contributed by atoms with Crippen LogP contribution in [-0.4, -0.2) is 29.8 Å². The summed E-state index contributed by atoms with van der Waals surface area (Å²) in [4.78, 5) is 0.631. The van der Waals surface area contributed by atoms with Crippen LogP contribution in [0.4, 0.5) is 0 Å². The molecule has 0 amide bonds. The van der Waals surface area contributed by atoms with Crippen LogP contribution in [0.2, 0.25) is 0 Å². The van der Waals surface area contributed by atoms with Gasteiger partial charge in [0.15, 0.2) is 0 Å². The molecule has 0 aliphatic carbocycles. The smallest absolute Gasteiger partial charge is 0.250 e. The van der Waals surface area contributed by atoms with Gasteiger partial charge in [-0.15, -0.1) is 11.3 Å². The number of sulfonamides is 1. The lowest BCUT2D eigenvalue weighted by atomic mass is 10.3. The van der Waals surface area contributed by atoms with Crippen molar-refractivity contribution < 1.29 is 13.5 Å². The molecule has 2 aromatic rings. The number of aliphatic hydroxyl groups is 1. The van der Waals surface area contributed by atoms with Gasteiger partial charge in [0, 0.05) is 36.8 Å². The highest BCUT2D eigenvalue weighted by Gasteiger charge is 2.16. The van der Waals surface area contributed by atoms with Crippen LogP contribution in [-0.2, 0) is 30.1 Å². The molecule has 2 rings (SSSR count). The average molecular weight is 301 g/mol. The number of thiophene rings is 1. The third-order valence-electron chi connectivity index (χ3n) is 2.65. The SMILES string of the molecule is Cn1nccc1CCNS(=O)(=O)c1ccc(CO)s1. The molecule has 0 atom stereocenters. The molecule has 19 heavy (non-hydrogen) atoms. The molecule has 0 aliphatic rings. The van der Waals surface area contributed by atoms with Crippen LogP contribution in [0.15, 0.2) is 28.6 Å². The Hall–Kier alpha value is -1.22. The minimum absolute atomic E-state index is 0.144. The summed E-state index contributed by atoms with van der Waals surface area (Å²) in [7, 11) is -1.67. The lowest BCUT2D eigenvalue weighted by Crippen LogP contribution is -2.25.